The molecule has 5 nitrogen and oxygen atoms in total. The standard InChI is InChI=1S/C11H23N3O2/c1-5-14-9(15)6-7-13-8-11(2,3)10(16)12-4/h13H,5-8H2,1-4H3,(H,12,16)(H,14,15). The van der Waals surface area contributed by atoms with Crippen LogP contribution in [0.1, 0.15) is 27.2 Å². The molecule has 0 fully saturated rings. The van der Waals surface area contributed by atoms with Crippen LogP contribution in [0.5, 0.6) is 0 Å². The number of carbonyl (C=O) groups excluding carboxylic acids is 2. The van der Waals surface area contributed by atoms with Crippen molar-refractivity contribution in [2.24, 2.45) is 5.41 Å². The van der Waals surface area contributed by atoms with E-state index >= 15 is 0 Å². The zero-order valence-electron chi connectivity index (χ0n) is 10.6. The highest BCUT2D eigenvalue weighted by atomic mass is 16.2. The van der Waals surface area contributed by atoms with E-state index in [4.69, 9.17) is 0 Å². The fourth-order valence-corrected chi connectivity index (χ4v) is 1.31. The topological polar surface area (TPSA) is 70.2 Å². The summed E-state index contributed by atoms with van der Waals surface area (Å²) in [5, 5.41) is 8.44. The van der Waals surface area contributed by atoms with Gasteiger partial charge < -0.3 is 16.0 Å². The molecule has 0 rings (SSSR count). The smallest absolute Gasteiger partial charge is 0.226 e. The van der Waals surface area contributed by atoms with Gasteiger partial charge in [-0.15, -0.1) is 0 Å². The molecule has 2 amide bonds. The normalized spacial score (nSPS) is 11.0. The van der Waals surface area contributed by atoms with E-state index in [2.05, 4.69) is 16.0 Å². The Morgan fingerprint density at radius 1 is 1.25 bits per heavy atom. The maximum absolute atomic E-state index is 11.4. The van der Waals surface area contributed by atoms with Gasteiger partial charge in [-0.1, -0.05) is 0 Å². The SMILES string of the molecule is CCNC(=O)CCNCC(C)(C)C(=O)NC. The summed E-state index contributed by atoms with van der Waals surface area (Å²) in [6.45, 7) is 7.43. The highest BCUT2D eigenvalue weighted by molar-refractivity contribution is 5.81. The molecule has 0 unspecified atom stereocenters. The van der Waals surface area contributed by atoms with E-state index in [0.717, 1.165) is 0 Å². The molecule has 0 aliphatic rings. The Bertz CT molecular complexity index is 239. The molecular formula is C11H23N3O2. The zero-order chi connectivity index (χ0) is 12.6. The minimum Gasteiger partial charge on any atom is -0.359 e. The third kappa shape index (κ3) is 5.70. The Morgan fingerprint density at radius 3 is 2.38 bits per heavy atom. The number of hydrogen-bond acceptors (Lipinski definition) is 3. The minimum atomic E-state index is -0.448. The molecule has 0 atom stereocenters. The van der Waals surface area contributed by atoms with Crippen LogP contribution in [0.25, 0.3) is 0 Å². The van der Waals surface area contributed by atoms with E-state index in [9.17, 15) is 9.59 Å². The van der Waals surface area contributed by atoms with Gasteiger partial charge in [0.1, 0.15) is 0 Å². The van der Waals surface area contributed by atoms with E-state index < -0.39 is 5.41 Å². The van der Waals surface area contributed by atoms with E-state index in [0.29, 0.717) is 26.1 Å². The van der Waals surface area contributed by atoms with Gasteiger partial charge in [-0.05, 0) is 20.8 Å². The second-order valence-electron chi connectivity index (χ2n) is 4.34. The molecule has 94 valence electrons. The summed E-state index contributed by atoms with van der Waals surface area (Å²) < 4.78 is 0. The van der Waals surface area contributed by atoms with Gasteiger partial charge in [-0.3, -0.25) is 9.59 Å². The van der Waals surface area contributed by atoms with Crippen molar-refractivity contribution < 1.29 is 9.59 Å². The van der Waals surface area contributed by atoms with Crippen molar-refractivity contribution in [3.8, 4) is 0 Å². The van der Waals surface area contributed by atoms with Gasteiger partial charge in [0.25, 0.3) is 0 Å². The molecule has 0 aliphatic carbocycles. The van der Waals surface area contributed by atoms with Crippen LogP contribution in [0, 0.1) is 5.41 Å². The molecule has 5 heteroatoms. The van der Waals surface area contributed by atoms with Crippen molar-refractivity contribution in [2.45, 2.75) is 27.2 Å². The van der Waals surface area contributed by atoms with Crippen LogP contribution in [-0.2, 0) is 9.59 Å². The molecule has 0 bridgehead atoms. The molecule has 0 heterocycles. The maximum atomic E-state index is 11.4. The number of rotatable bonds is 7. The van der Waals surface area contributed by atoms with Crippen molar-refractivity contribution in [2.75, 3.05) is 26.7 Å². The molecule has 0 saturated heterocycles. The summed E-state index contributed by atoms with van der Waals surface area (Å²) in [6, 6.07) is 0. The Morgan fingerprint density at radius 2 is 1.88 bits per heavy atom. The van der Waals surface area contributed by atoms with Gasteiger partial charge in [0, 0.05) is 33.1 Å². The van der Waals surface area contributed by atoms with Crippen molar-refractivity contribution >= 4 is 11.8 Å². The molecule has 0 aromatic carbocycles. The molecule has 0 spiro atoms. The van der Waals surface area contributed by atoms with Crippen LogP contribution < -0.4 is 16.0 Å². The van der Waals surface area contributed by atoms with E-state index in [1.54, 1.807) is 7.05 Å². The molecule has 0 saturated carbocycles. The van der Waals surface area contributed by atoms with Crippen LogP contribution in [0.3, 0.4) is 0 Å². The molecule has 3 N–H and O–H groups in total. The molecular weight excluding hydrogens is 206 g/mol. The Hall–Kier alpha value is -1.10. The Balaban J connectivity index is 3.73. The van der Waals surface area contributed by atoms with E-state index in [1.165, 1.54) is 0 Å². The lowest BCUT2D eigenvalue weighted by Crippen LogP contribution is -2.42. The first kappa shape index (κ1) is 14.9. The molecule has 0 aromatic rings. The first-order chi connectivity index (χ1) is 7.44. The summed E-state index contributed by atoms with van der Waals surface area (Å²) in [7, 11) is 1.62. The van der Waals surface area contributed by atoms with Crippen LogP contribution in [-0.4, -0.2) is 38.5 Å². The van der Waals surface area contributed by atoms with Gasteiger partial charge in [-0.2, -0.15) is 0 Å². The summed E-state index contributed by atoms with van der Waals surface area (Å²) in [4.78, 5) is 22.6. The van der Waals surface area contributed by atoms with Gasteiger partial charge in [0.2, 0.25) is 11.8 Å². The zero-order valence-corrected chi connectivity index (χ0v) is 10.6. The van der Waals surface area contributed by atoms with E-state index in [-0.39, 0.29) is 11.8 Å². The third-order valence-electron chi connectivity index (χ3n) is 2.31. The average molecular weight is 229 g/mol. The van der Waals surface area contributed by atoms with Crippen molar-refractivity contribution in [1.29, 1.82) is 0 Å². The summed E-state index contributed by atoms with van der Waals surface area (Å²) in [5.74, 6) is 0.0331. The maximum Gasteiger partial charge on any atom is 0.226 e. The van der Waals surface area contributed by atoms with Crippen LogP contribution in [0.4, 0.5) is 0 Å². The monoisotopic (exact) mass is 229 g/mol. The van der Waals surface area contributed by atoms with Gasteiger partial charge >= 0.3 is 0 Å². The molecule has 16 heavy (non-hydrogen) atoms. The summed E-state index contributed by atoms with van der Waals surface area (Å²) >= 11 is 0. The lowest BCUT2D eigenvalue weighted by Gasteiger charge is -2.22. The summed E-state index contributed by atoms with van der Waals surface area (Å²) in [6.07, 6.45) is 0.442. The van der Waals surface area contributed by atoms with Crippen LogP contribution in [0.2, 0.25) is 0 Å². The fraction of sp³-hybridized carbons (Fsp3) is 0.818. The second kappa shape index (κ2) is 7.22. The fourth-order valence-electron chi connectivity index (χ4n) is 1.31. The highest BCUT2D eigenvalue weighted by Gasteiger charge is 2.25. The molecule has 0 aromatic heterocycles. The average Bonchev–Trinajstić information content (AvgIpc) is 2.23. The Kier molecular flexibility index (Phi) is 6.72. The quantitative estimate of drug-likeness (QED) is 0.533. The van der Waals surface area contributed by atoms with Gasteiger partial charge in [0.05, 0.1) is 5.41 Å². The van der Waals surface area contributed by atoms with Crippen molar-refractivity contribution in [1.82, 2.24) is 16.0 Å². The first-order valence-corrected chi connectivity index (χ1v) is 5.63. The van der Waals surface area contributed by atoms with Gasteiger partial charge in [-0.25, -0.2) is 0 Å². The summed E-state index contributed by atoms with van der Waals surface area (Å²) in [5.41, 5.74) is -0.448. The number of hydrogen-bond donors (Lipinski definition) is 3. The van der Waals surface area contributed by atoms with Crippen LogP contribution in [0.15, 0.2) is 0 Å². The highest BCUT2D eigenvalue weighted by Crippen LogP contribution is 2.12. The second-order valence-corrected chi connectivity index (χ2v) is 4.34. The lowest BCUT2D eigenvalue weighted by atomic mass is 9.92. The number of nitrogens with one attached hydrogen (secondary N) is 3. The van der Waals surface area contributed by atoms with E-state index in [1.807, 2.05) is 20.8 Å². The predicted octanol–water partition coefficient (Wildman–Crippen LogP) is -0.126. The Labute approximate surface area is 97.4 Å². The molecule has 0 aliphatic heterocycles. The molecule has 0 radical (unpaired) electrons. The predicted molar refractivity (Wildman–Crippen MR) is 64.0 cm³/mol. The first-order valence-electron chi connectivity index (χ1n) is 5.63. The van der Waals surface area contributed by atoms with Crippen LogP contribution >= 0.6 is 0 Å². The number of amides is 2. The van der Waals surface area contributed by atoms with Gasteiger partial charge in [0.15, 0.2) is 0 Å². The third-order valence-corrected chi connectivity index (χ3v) is 2.31. The minimum absolute atomic E-state index is 0.00184. The lowest BCUT2D eigenvalue weighted by molar-refractivity contribution is -0.128. The largest absolute Gasteiger partial charge is 0.359 e. The number of carbonyl (C=O) groups is 2. The van der Waals surface area contributed by atoms with Crippen molar-refractivity contribution in [3.05, 3.63) is 0 Å². The van der Waals surface area contributed by atoms with Crippen molar-refractivity contribution in [3.63, 3.8) is 0 Å².